The van der Waals surface area contributed by atoms with Gasteiger partial charge in [-0.15, -0.1) is 0 Å². The van der Waals surface area contributed by atoms with Gasteiger partial charge in [-0.1, -0.05) is 42.6 Å². The molecule has 68 valence electrons. The van der Waals surface area contributed by atoms with Crippen molar-refractivity contribution in [3.05, 3.63) is 0 Å². The molecular weight excluding hydrogens is 190 g/mol. The summed E-state index contributed by atoms with van der Waals surface area (Å²) in [7, 11) is 0. The normalized spacial score (nSPS) is 32.1. The van der Waals surface area contributed by atoms with E-state index in [1.807, 2.05) is 0 Å². The standard InChI is InChI=1S/C9H14ClNS/c10-9-11-8(6-12-9)7-4-2-1-3-5-7/h7-8H,1-6H2. The minimum absolute atomic E-state index is 0.544. The molecule has 12 heavy (non-hydrogen) atoms. The van der Waals surface area contributed by atoms with Gasteiger partial charge >= 0.3 is 0 Å². The lowest BCUT2D eigenvalue weighted by Gasteiger charge is -2.24. The van der Waals surface area contributed by atoms with Gasteiger partial charge in [-0.25, -0.2) is 0 Å². The molecule has 2 rings (SSSR count). The van der Waals surface area contributed by atoms with Crippen molar-refractivity contribution in [2.45, 2.75) is 38.1 Å². The van der Waals surface area contributed by atoms with Gasteiger partial charge in [0.1, 0.15) is 0 Å². The molecule has 1 nitrogen and oxygen atoms in total. The van der Waals surface area contributed by atoms with Gasteiger partial charge in [0.15, 0.2) is 4.50 Å². The van der Waals surface area contributed by atoms with E-state index in [1.165, 1.54) is 32.1 Å². The monoisotopic (exact) mass is 203 g/mol. The number of hydrogen-bond acceptors (Lipinski definition) is 2. The largest absolute Gasteiger partial charge is 0.263 e. The maximum absolute atomic E-state index is 5.84. The number of thioether (sulfide) groups is 1. The lowest BCUT2D eigenvalue weighted by Crippen LogP contribution is -2.21. The van der Waals surface area contributed by atoms with E-state index >= 15 is 0 Å². The molecular formula is C9H14ClNS. The maximum atomic E-state index is 5.84. The summed E-state index contributed by atoms with van der Waals surface area (Å²) in [6, 6.07) is 0.544. The molecule has 0 aromatic carbocycles. The second kappa shape index (κ2) is 4.01. The van der Waals surface area contributed by atoms with Crippen LogP contribution in [-0.2, 0) is 0 Å². The minimum Gasteiger partial charge on any atom is -0.263 e. The quantitative estimate of drug-likeness (QED) is 0.637. The molecule has 1 saturated carbocycles. The summed E-state index contributed by atoms with van der Waals surface area (Å²) in [6.07, 6.45) is 6.98. The van der Waals surface area contributed by atoms with Crippen molar-refractivity contribution in [1.29, 1.82) is 0 Å². The fourth-order valence-electron chi connectivity index (χ4n) is 2.12. The number of hydrogen-bond donors (Lipinski definition) is 0. The Bertz CT molecular complexity index is 187. The second-order valence-electron chi connectivity index (χ2n) is 3.66. The highest BCUT2D eigenvalue weighted by Crippen LogP contribution is 2.33. The van der Waals surface area contributed by atoms with Crippen LogP contribution >= 0.6 is 23.4 Å². The SMILES string of the molecule is ClC1=NC(C2CCCCC2)CS1. The van der Waals surface area contributed by atoms with Gasteiger partial charge in [-0.2, -0.15) is 0 Å². The van der Waals surface area contributed by atoms with Crippen molar-refractivity contribution in [2.24, 2.45) is 10.9 Å². The lowest BCUT2D eigenvalue weighted by molar-refractivity contribution is 0.322. The Kier molecular flexibility index (Phi) is 2.97. The van der Waals surface area contributed by atoms with Crippen LogP contribution in [0, 0.1) is 5.92 Å². The third-order valence-corrected chi connectivity index (χ3v) is 4.11. The van der Waals surface area contributed by atoms with Crippen LogP contribution in [-0.4, -0.2) is 16.3 Å². The third-order valence-electron chi connectivity index (χ3n) is 2.83. The summed E-state index contributed by atoms with van der Waals surface area (Å²) in [6.45, 7) is 0. The summed E-state index contributed by atoms with van der Waals surface area (Å²) in [5, 5.41) is 0. The number of halogens is 1. The number of nitrogens with zero attached hydrogens (tertiary/aromatic N) is 1. The van der Waals surface area contributed by atoms with Gasteiger partial charge in [-0.3, -0.25) is 4.99 Å². The van der Waals surface area contributed by atoms with E-state index in [-0.39, 0.29) is 0 Å². The van der Waals surface area contributed by atoms with Crippen LogP contribution in [0.3, 0.4) is 0 Å². The van der Waals surface area contributed by atoms with Crippen LogP contribution in [0.1, 0.15) is 32.1 Å². The van der Waals surface area contributed by atoms with Crippen LogP contribution in [0.2, 0.25) is 0 Å². The molecule has 1 heterocycles. The molecule has 1 atom stereocenters. The van der Waals surface area contributed by atoms with Crippen molar-refractivity contribution >= 4 is 27.9 Å². The molecule has 0 saturated heterocycles. The van der Waals surface area contributed by atoms with E-state index < -0.39 is 0 Å². The Morgan fingerprint density at radius 2 is 2.00 bits per heavy atom. The van der Waals surface area contributed by atoms with Crippen LogP contribution in [0.5, 0.6) is 0 Å². The van der Waals surface area contributed by atoms with Crippen molar-refractivity contribution in [2.75, 3.05) is 5.75 Å². The van der Waals surface area contributed by atoms with E-state index in [9.17, 15) is 0 Å². The Balaban J connectivity index is 1.91. The zero-order chi connectivity index (χ0) is 8.39. The van der Waals surface area contributed by atoms with Gasteiger partial charge in [-0.05, 0) is 18.8 Å². The first kappa shape index (κ1) is 8.89. The highest BCUT2D eigenvalue weighted by molar-refractivity contribution is 8.17. The predicted molar refractivity (Wildman–Crippen MR) is 56.1 cm³/mol. The molecule has 0 amide bonds. The van der Waals surface area contributed by atoms with Gasteiger partial charge in [0.2, 0.25) is 0 Å². The van der Waals surface area contributed by atoms with Crippen molar-refractivity contribution in [3.63, 3.8) is 0 Å². The average Bonchev–Trinajstić information content (AvgIpc) is 2.54. The molecule has 2 aliphatic rings. The van der Waals surface area contributed by atoms with Crippen molar-refractivity contribution in [3.8, 4) is 0 Å². The Morgan fingerprint density at radius 1 is 1.25 bits per heavy atom. The first-order chi connectivity index (χ1) is 5.86. The topological polar surface area (TPSA) is 12.4 Å². The molecule has 0 N–H and O–H groups in total. The van der Waals surface area contributed by atoms with E-state index in [2.05, 4.69) is 4.99 Å². The van der Waals surface area contributed by atoms with Crippen LogP contribution in [0.15, 0.2) is 4.99 Å². The first-order valence-corrected chi connectivity index (χ1v) is 6.09. The van der Waals surface area contributed by atoms with Gasteiger partial charge in [0.25, 0.3) is 0 Å². The second-order valence-corrected chi connectivity index (χ2v) is 5.25. The van der Waals surface area contributed by atoms with Crippen molar-refractivity contribution in [1.82, 2.24) is 0 Å². The fraction of sp³-hybridized carbons (Fsp3) is 0.889. The number of rotatable bonds is 1. The lowest BCUT2D eigenvalue weighted by atomic mass is 9.85. The van der Waals surface area contributed by atoms with Gasteiger partial charge in [0, 0.05) is 5.75 Å². The van der Waals surface area contributed by atoms with E-state index in [1.54, 1.807) is 11.8 Å². The molecule has 0 aromatic heterocycles. The molecule has 1 aliphatic carbocycles. The molecule has 1 unspecified atom stereocenters. The average molecular weight is 204 g/mol. The van der Waals surface area contributed by atoms with Gasteiger partial charge < -0.3 is 0 Å². The predicted octanol–water partition coefficient (Wildman–Crippen LogP) is 3.28. The van der Waals surface area contributed by atoms with Crippen LogP contribution in [0.25, 0.3) is 0 Å². The fourth-order valence-corrected chi connectivity index (χ4v) is 3.30. The Hall–Kier alpha value is 0.310. The summed E-state index contributed by atoms with van der Waals surface area (Å²) < 4.78 is 0.783. The third kappa shape index (κ3) is 1.97. The molecule has 1 aliphatic heterocycles. The first-order valence-electron chi connectivity index (χ1n) is 4.72. The highest BCUT2D eigenvalue weighted by Gasteiger charge is 2.27. The minimum atomic E-state index is 0.544. The molecule has 0 aromatic rings. The zero-order valence-corrected chi connectivity index (χ0v) is 8.70. The smallest absolute Gasteiger partial charge is 0.158 e. The molecule has 1 fully saturated rings. The Labute approximate surface area is 83.0 Å². The summed E-state index contributed by atoms with van der Waals surface area (Å²) in [5.74, 6) is 1.96. The molecule has 0 spiro atoms. The van der Waals surface area contributed by atoms with E-state index in [0.717, 1.165) is 16.2 Å². The Morgan fingerprint density at radius 3 is 2.58 bits per heavy atom. The number of aliphatic imine (C=N–C) groups is 1. The highest BCUT2D eigenvalue weighted by atomic mass is 35.5. The summed E-state index contributed by atoms with van der Waals surface area (Å²) >= 11 is 7.55. The summed E-state index contributed by atoms with van der Waals surface area (Å²) in [4.78, 5) is 4.46. The van der Waals surface area contributed by atoms with Crippen LogP contribution in [0.4, 0.5) is 0 Å². The molecule has 0 bridgehead atoms. The molecule has 0 radical (unpaired) electrons. The van der Waals surface area contributed by atoms with Crippen molar-refractivity contribution < 1.29 is 0 Å². The zero-order valence-electron chi connectivity index (χ0n) is 7.13. The summed E-state index contributed by atoms with van der Waals surface area (Å²) in [5.41, 5.74) is 0. The van der Waals surface area contributed by atoms with Gasteiger partial charge in [0.05, 0.1) is 6.04 Å². The van der Waals surface area contributed by atoms with E-state index in [0.29, 0.717) is 6.04 Å². The van der Waals surface area contributed by atoms with E-state index in [4.69, 9.17) is 11.6 Å². The molecule has 3 heteroatoms. The van der Waals surface area contributed by atoms with Crippen LogP contribution < -0.4 is 0 Å². The maximum Gasteiger partial charge on any atom is 0.158 e.